The van der Waals surface area contributed by atoms with Crippen molar-refractivity contribution in [1.82, 2.24) is 20.0 Å². The van der Waals surface area contributed by atoms with Crippen LogP contribution in [0.1, 0.15) is 37.8 Å². The molecule has 2 heterocycles. The molecule has 3 rings (SSSR count). The molecule has 0 saturated carbocycles. The number of halogens is 3. The molecule has 0 spiro atoms. The Morgan fingerprint density at radius 3 is 2.44 bits per heavy atom. The van der Waals surface area contributed by atoms with Crippen molar-refractivity contribution in [2.75, 3.05) is 72.6 Å². The van der Waals surface area contributed by atoms with E-state index in [9.17, 15) is 8.78 Å². The van der Waals surface area contributed by atoms with E-state index in [-0.39, 0.29) is 30.0 Å². The van der Waals surface area contributed by atoms with Crippen LogP contribution in [0.15, 0.2) is 23.2 Å². The van der Waals surface area contributed by atoms with Crippen LogP contribution in [-0.4, -0.2) is 93.3 Å². The molecule has 32 heavy (non-hydrogen) atoms. The highest BCUT2D eigenvalue weighted by molar-refractivity contribution is 14.0. The molecule has 6 nitrogen and oxygen atoms in total. The van der Waals surface area contributed by atoms with Gasteiger partial charge >= 0.3 is 0 Å². The minimum absolute atomic E-state index is 0. The second-order valence-corrected chi connectivity index (χ2v) is 8.25. The lowest BCUT2D eigenvalue weighted by Gasteiger charge is -2.40. The van der Waals surface area contributed by atoms with Gasteiger partial charge in [-0.3, -0.25) is 14.8 Å². The van der Waals surface area contributed by atoms with Gasteiger partial charge in [-0.2, -0.15) is 0 Å². The van der Waals surface area contributed by atoms with Gasteiger partial charge < -0.3 is 15.0 Å². The van der Waals surface area contributed by atoms with Gasteiger partial charge in [0.15, 0.2) is 5.96 Å². The summed E-state index contributed by atoms with van der Waals surface area (Å²) in [6.07, 6.45) is 3.07. The number of morpholine rings is 1. The summed E-state index contributed by atoms with van der Waals surface area (Å²) in [6.45, 7) is 11.2. The van der Waals surface area contributed by atoms with E-state index < -0.39 is 11.6 Å². The number of ether oxygens (including phenoxy) is 1. The second kappa shape index (κ2) is 14.3. The molecule has 2 aliphatic heterocycles. The summed E-state index contributed by atoms with van der Waals surface area (Å²) in [5.41, 5.74) is 0.583. The molecule has 0 aromatic heterocycles. The van der Waals surface area contributed by atoms with Gasteiger partial charge in [0.1, 0.15) is 11.6 Å². The minimum atomic E-state index is -0.527. The Labute approximate surface area is 208 Å². The van der Waals surface area contributed by atoms with Crippen molar-refractivity contribution in [3.63, 3.8) is 0 Å². The number of nitrogens with one attached hydrogen (secondary N) is 1. The van der Waals surface area contributed by atoms with E-state index in [1.807, 2.05) is 7.05 Å². The summed E-state index contributed by atoms with van der Waals surface area (Å²) in [5.74, 6) is -0.0448. The predicted octanol–water partition coefficient (Wildman–Crippen LogP) is 3.34. The van der Waals surface area contributed by atoms with E-state index >= 15 is 0 Å². The quantitative estimate of drug-likeness (QED) is 0.227. The van der Waals surface area contributed by atoms with E-state index in [4.69, 9.17) is 4.74 Å². The molecule has 1 aromatic carbocycles. The monoisotopic (exact) mass is 565 g/mol. The van der Waals surface area contributed by atoms with Crippen molar-refractivity contribution in [3.05, 3.63) is 35.4 Å². The Bertz CT molecular complexity index is 710. The van der Waals surface area contributed by atoms with Crippen LogP contribution < -0.4 is 5.32 Å². The first-order valence-corrected chi connectivity index (χ1v) is 11.6. The Morgan fingerprint density at radius 2 is 1.81 bits per heavy atom. The standard InChI is InChI=1S/C23H37F2N5O.HI/c1-3-22(20-7-6-19(24)18-21(20)25)29-10-12-30(13-11-29)23(26-2)27-8-4-5-9-28-14-16-31-17-15-28;/h6-7,18,22H,3-5,8-17H2,1-2H3,(H,26,27);1H. The summed E-state index contributed by atoms with van der Waals surface area (Å²) in [6, 6.07) is 3.89. The zero-order valence-corrected chi connectivity index (χ0v) is 21.7. The van der Waals surface area contributed by atoms with Gasteiger partial charge in [-0.15, -0.1) is 24.0 Å². The fourth-order valence-corrected chi connectivity index (χ4v) is 4.51. The molecule has 2 aliphatic rings. The van der Waals surface area contributed by atoms with Crippen molar-refractivity contribution in [2.24, 2.45) is 4.99 Å². The molecule has 1 aromatic rings. The lowest BCUT2D eigenvalue weighted by molar-refractivity contribution is 0.0372. The first kappa shape index (κ1) is 27.2. The smallest absolute Gasteiger partial charge is 0.193 e. The van der Waals surface area contributed by atoms with Crippen LogP contribution in [0.2, 0.25) is 0 Å². The third-order valence-electron chi connectivity index (χ3n) is 6.26. The van der Waals surface area contributed by atoms with Gasteiger partial charge in [0.25, 0.3) is 0 Å². The summed E-state index contributed by atoms with van der Waals surface area (Å²) in [5, 5.41) is 3.49. The van der Waals surface area contributed by atoms with Crippen LogP contribution in [0.4, 0.5) is 8.78 Å². The van der Waals surface area contributed by atoms with Crippen LogP contribution >= 0.6 is 24.0 Å². The fraction of sp³-hybridized carbons (Fsp3) is 0.696. The van der Waals surface area contributed by atoms with Crippen LogP contribution in [0, 0.1) is 11.6 Å². The molecule has 0 aliphatic carbocycles. The maximum atomic E-state index is 14.3. The van der Waals surface area contributed by atoms with Gasteiger partial charge in [-0.25, -0.2) is 8.78 Å². The summed E-state index contributed by atoms with van der Waals surface area (Å²) >= 11 is 0. The number of hydrogen-bond acceptors (Lipinski definition) is 4. The number of nitrogens with zero attached hydrogens (tertiary/aromatic N) is 4. The Morgan fingerprint density at radius 1 is 1.09 bits per heavy atom. The molecule has 0 amide bonds. The highest BCUT2D eigenvalue weighted by atomic mass is 127. The van der Waals surface area contributed by atoms with E-state index in [0.717, 1.165) is 90.4 Å². The number of rotatable bonds is 8. The minimum Gasteiger partial charge on any atom is -0.379 e. The first-order valence-electron chi connectivity index (χ1n) is 11.6. The highest BCUT2D eigenvalue weighted by Crippen LogP contribution is 2.28. The molecule has 0 radical (unpaired) electrons. The third-order valence-corrected chi connectivity index (χ3v) is 6.26. The summed E-state index contributed by atoms with van der Waals surface area (Å²) in [7, 11) is 1.82. The van der Waals surface area contributed by atoms with Crippen LogP contribution in [0.3, 0.4) is 0 Å². The Balaban J connectivity index is 0.00000363. The van der Waals surface area contributed by atoms with E-state index in [0.29, 0.717) is 5.56 Å². The molecule has 1 atom stereocenters. The van der Waals surface area contributed by atoms with Gasteiger partial charge in [-0.05, 0) is 31.9 Å². The Hall–Kier alpha value is -1.04. The predicted molar refractivity (Wildman–Crippen MR) is 136 cm³/mol. The lowest BCUT2D eigenvalue weighted by atomic mass is 10.0. The summed E-state index contributed by atoms with van der Waals surface area (Å²) in [4.78, 5) is 11.5. The van der Waals surface area contributed by atoms with Gasteiger partial charge in [0.05, 0.1) is 13.2 Å². The maximum Gasteiger partial charge on any atom is 0.193 e. The van der Waals surface area contributed by atoms with Crippen molar-refractivity contribution in [1.29, 1.82) is 0 Å². The molecule has 2 fully saturated rings. The zero-order valence-electron chi connectivity index (χ0n) is 19.4. The summed E-state index contributed by atoms with van der Waals surface area (Å²) < 4.78 is 33.0. The van der Waals surface area contributed by atoms with Crippen molar-refractivity contribution < 1.29 is 13.5 Å². The first-order chi connectivity index (χ1) is 15.1. The average molecular weight is 565 g/mol. The average Bonchev–Trinajstić information content (AvgIpc) is 2.79. The number of guanidine groups is 1. The molecule has 1 N–H and O–H groups in total. The van der Waals surface area contributed by atoms with Gasteiger partial charge in [0.2, 0.25) is 0 Å². The number of unbranched alkanes of at least 4 members (excludes halogenated alkanes) is 1. The second-order valence-electron chi connectivity index (χ2n) is 8.25. The van der Waals surface area contributed by atoms with Gasteiger partial charge in [-0.1, -0.05) is 13.0 Å². The van der Waals surface area contributed by atoms with E-state index in [1.54, 1.807) is 6.07 Å². The molecule has 9 heteroatoms. The number of aliphatic imine (C=N–C) groups is 1. The third kappa shape index (κ3) is 7.78. The molecule has 2 saturated heterocycles. The number of piperazine rings is 1. The Kier molecular flexibility index (Phi) is 12.1. The largest absolute Gasteiger partial charge is 0.379 e. The van der Waals surface area contributed by atoms with Crippen LogP contribution in [-0.2, 0) is 4.74 Å². The molecular weight excluding hydrogens is 527 g/mol. The lowest BCUT2D eigenvalue weighted by Crippen LogP contribution is -2.53. The van der Waals surface area contributed by atoms with Crippen molar-refractivity contribution >= 4 is 29.9 Å². The van der Waals surface area contributed by atoms with Crippen LogP contribution in [0.25, 0.3) is 0 Å². The normalized spacial score (nSPS) is 19.5. The maximum absolute atomic E-state index is 14.3. The topological polar surface area (TPSA) is 43.3 Å². The molecule has 0 bridgehead atoms. The van der Waals surface area contributed by atoms with Crippen molar-refractivity contribution in [3.8, 4) is 0 Å². The zero-order chi connectivity index (χ0) is 22.1. The fourth-order valence-electron chi connectivity index (χ4n) is 4.51. The van der Waals surface area contributed by atoms with E-state index in [2.05, 4.69) is 31.9 Å². The molecule has 182 valence electrons. The number of benzene rings is 1. The number of hydrogen-bond donors (Lipinski definition) is 1. The van der Waals surface area contributed by atoms with Crippen molar-refractivity contribution in [2.45, 2.75) is 32.2 Å². The van der Waals surface area contributed by atoms with Gasteiger partial charge in [0, 0.05) is 70.5 Å². The van der Waals surface area contributed by atoms with E-state index in [1.165, 1.54) is 12.5 Å². The SMILES string of the molecule is CCC(c1ccc(F)cc1F)N1CCN(C(=NC)NCCCCN2CCOCC2)CC1.I. The molecular formula is C23H38F2IN5O. The highest BCUT2D eigenvalue weighted by Gasteiger charge is 2.27. The molecule has 1 unspecified atom stereocenters. The van der Waals surface area contributed by atoms with Crippen LogP contribution in [0.5, 0.6) is 0 Å².